The molecule has 1 atom stereocenters. The largest absolute Gasteiger partial charge is 0.464 e. The molecule has 0 bridgehead atoms. The van der Waals surface area contributed by atoms with Gasteiger partial charge in [0.25, 0.3) is 0 Å². The fourth-order valence-electron chi connectivity index (χ4n) is 2.03. The van der Waals surface area contributed by atoms with Crippen molar-refractivity contribution < 1.29 is 12.8 Å². The Morgan fingerprint density at radius 2 is 2.04 bits per heavy atom. The van der Waals surface area contributed by atoms with E-state index in [0.29, 0.717) is 18.9 Å². The van der Waals surface area contributed by atoms with Crippen LogP contribution < -0.4 is 10.6 Å². The molecule has 2 N–H and O–H groups in total. The van der Waals surface area contributed by atoms with Crippen molar-refractivity contribution in [3.63, 3.8) is 0 Å². The molecule has 23 heavy (non-hydrogen) atoms. The highest BCUT2D eigenvalue weighted by Gasteiger charge is 2.21. The molecule has 1 heterocycles. The van der Waals surface area contributed by atoms with Crippen molar-refractivity contribution in [2.24, 2.45) is 10.4 Å². The van der Waals surface area contributed by atoms with Crippen LogP contribution in [-0.4, -0.2) is 40.0 Å². The second-order valence-electron chi connectivity index (χ2n) is 6.78. The lowest BCUT2D eigenvalue weighted by Gasteiger charge is -2.26. The van der Waals surface area contributed by atoms with Crippen LogP contribution in [0.15, 0.2) is 21.5 Å². The smallest absolute Gasteiger partial charge is 0.191 e. The van der Waals surface area contributed by atoms with Crippen LogP contribution in [0.25, 0.3) is 0 Å². The average molecular weight is 343 g/mol. The third-order valence-corrected chi connectivity index (χ3v) is 4.59. The fourth-order valence-corrected chi connectivity index (χ4v) is 2.95. The van der Waals surface area contributed by atoms with Gasteiger partial charge in [0.05, 0.1) is 11.8 Å². The molecule has 0 radical (unpaired) electrons. The molecule has 0 aliphatic rings. The van der Waals surface area contributed by atoms with Crippen LogP contribution in [-0.2, 0) is 9.84 Å². The highest BCUT2D eigenvalue weighted by molar-refractivity contribution is 7.90. The van der Waals surface area contributed by atoms with Crippen LogP contribution in [0.2, 0.25) is 0 Å². The van der Waals surface area contributed by atoms with Gasteiger partial charge in [-0.15, -0.1) is 0 Å². The van der Waals surface area contributed by atoms with Gasteiger partial charge >= 0.3 is 0 Å². The van der Waals surface area contributed by atoms with E-state index < -0.39 is 9.84 Å². The second kappa shape index (κ2) is 7.86. The summed E-state index contributed by atoms with van der Waals surface area (Å²) in [5, 5.41) is 6.52. The number of sulfone groups is 1. The third-order valence-electron chi connectivity index (χ3n) is 3.65. The molecule has 0 saturated carbocycles. The second-order valence-corrected chi connectivity index (χ2v) is 9.04. The Kier molecular flexibility index (Phi) is 6.68. The first-order valence-electron chi connectivity index (χ1n) is 7.74. The van der Waals surface area contributed by atoms with Gasteiger partial charge in [-0.1, -0.05) is 13.8 Å². The SMILES string of the molecule is CN=C(NCC(C)(C)CCS(C)(=O)=O)NC(C)c1ccc(C)o1. The van der Waals surface area contributed by atoms with Crippen molar-refractivity contribution in [2.45, 2.75) is 40.2 Å². The van der Waals surface area contributed by atoms with E-state index in [1.807, 2.05) is 39.8 Å². The maximum atomic E-state index is 11.3. The summed E-state index contributed by atoms with van der Waals surface area (Å²) >= 11 is 0. The van der Waals surface area contributed by atoms with E-state index in [-0.39, 0.29) is 17.2 Å². The Morgan fingerprint density at radius 3 is 2.52 bits per heavy atom. The minimum Gasteiger partial charge on any atom is -0.464 e. The lowest BCUT2D eigenvalue weighted by atomic mass is 9.90. The minimum absolute atomic E-state index is 0.00553. The van der Waals surface area contributed by atoms with Crippen molar-refractivity contribution in [1.29, 1.82) is 0 Å². The quantitative estimate of drug-likeness (QED) is 0.586. The standard InChI is InChI=1S/C16H29N3O3S/c1-12-7-8-14(22-12)13(2)19-15(17-5)18-11-16(3,4)9-10-23(6,20)21/h7-8,13H,9-11H2,1-6H3,(H2,17,18,19). The molecule has 0 saturated heterocycles. The molecule has 1 rings (SSSR count). The summed E-state index contributed by atoms with van der Waals surface area (Å²) in [6.45, 7) is 8.62. The van der Waals surface area contributed by atoms with Gasteiger partial charge in [-0.3, -0.25) is 4.99 Å². The van der Waals surface area contributed by atoms with E-state index >= 15 is 0 Å². The van der Waals surface area contributed by atoms with Gasteiger partial charge in [-0.05, 0) is 37.8 Å². The van der Waals surface area contributed by atoms with Crippen molar-refractivity contribution in [3.8, 4) is 0 Å². The van der Waals surface area contributed by atoms with Crippen LogP contribution in [0.4, 0.5) is 0 Å². The van der Waals surface area contributed by atoms with Gasteiger partial charge in [0, 0.05) is 19.8 Å². The Balaban J connectivity index is 2.53. The first-order chi connectivity index (χ1) is 10.5. The Hall–Kier alpha value is -1.50. The van der Waals surface area contributed by atoms with Crippen LogP contribution in [0.3, 0.4) is 0 Å². The monoisotopic (exact) mass is 343 g/mol. The summed E-state index contributed by atoms with van der Waals surface area (Å²) in [6.07, 6.45) is 1.87. The predicted molar refractivity (Wildman–Crippen MR) is 94.5 cm³/mol. The molecule has 0 amide bonds. The number of nitrogens with one attached hydrogen (secondary N) is 2. The van der Waals surface area contributed by atoms with E-state index in [2.05, 4.69) is 15.6 Å². The van der Waals surface area contributed by atoms with Crippen molar-refractivity contribution >= 4 is 15.8 Å². The molecule has 6 nitrogen and oxygen atoms in total. The van der Waals surface area contributed by atoms with E-state index in [9.17, 15) is 8.42 Å². The van der Waals surface area contributed by atoms with Crippen LogP contribution in [0.5, 0.6) is 0 Å². The van der Waals surface area contributed by atoms with Gasteiger partial charge in [0.2, 0.25) is 0 Å². The molecular formula is C16H29N3O3S. The molecular weight excluding hydrogens is 314 g/mol. The van der Waals surface area contributed by atoms with E-state index in [1.165, 1.54) is 6.26 Å². The summed E-state index contributed by atoms with van der Waals surface area (Å²) < 4.78 is 28.2. The molecule has 0 aliphatic heterocycles. The number of nitrogens with zero attached hydrogens (tertiary/aromatic N) is 1. The molecule has 0 aromatic carbocycles. The Morgan fingerprint density at radius 1 is 1.39 bits per heavy atom. The van der Waals surface area contributed by atoms with Gasteiger partial charge in [0.1, 0.15) is 21.4 Å². The first-order valence-corrected chi connectivity index (χ1v) is 9.80. The lowest BCUT2D eigenvalue weighted by Crippen LogP contribution is -2.43. The number of aryl methyl sites for hydroxylation is 1. The zero-order chi connectivity index (χ0) is 17.7. The summed E-state index contributed by atoms with van der Waals surface area (Å²) in [5.74, 6) is 2.58. The predicted octanol–water partition coefficient (Wildman–Crippen LogP) is 2.27. The zero-order valence-corrected chi connectivity index (χ0v) is 15.8. The molecule has 0 fully saturated rings. The number of guanidine groups is 1. The van der Waals surface area contributed by atoms with Crippen molar-refractivity contribution in [3.05, 3.63) is 23.7 Å². The number of hydrogen-bond acceptors (Lipinski definition) is 4. The normalized spacial score (nSPS) is 14.6. The average Bonchev–Trinajstić information content (AvgIpc) is 2.87. The Bertz CT molecular complexity index is 633. The molecule has 7 heteroatoms. The maximum absolute atomic E-state index is 11.3. The molecule has 132 valence electrons. The highest BCUT2D eigenvalue weighted by Crippen LogP contribution is 2.20. The molecule has 1 aromatic heterocycles. The summed E-state index contributed by atoms with van der Waals surface area (Å²) in [5.41, 5.74) is -0.148. The van der Waals surface area contributed by atoms with Crippen LogP contribution in [0, 0.1) is 12.3 Å². The van der Waals surface area contributed by atoms with E-state index in [4.69, 9.17) is 4.42 Å². The van der Waals surface area contributed by atoms with E-state index in [1.54, 1.807) is 7.05 Å². The fraction of sp³-hybridized carbons (Fsp3) is 0.688. The van der Waals surface area contributed by atoms with E-state index in [0.717, 1.165) is 11.5 Å². The molecule has 0 spiro atoms. The molecule has 1 aromatic rings. The molecule has 0 aliphatic carbocycles. The van der Waals surface area contributed by atoms with Crippen LogP contribution in [0.1, 0.15) is 44.8 Å². The topological polar surface area (TPSA) is 83.7 Å². The van der Waals surface area contributed by atoms with Gasteiger partial charge in [-0.25, -0.2) is 8.42 Å². The minimum atomic E-state index is -2.94. The highest BCUT2D eigenvalue weighted by atomic mass is 32.2. The zero-order valence-electron chi connectivity index (χ0n) is 14.9. The number of hydrogen-bond donors (Lipinski definition) is 2. The van der Waals surface area contributed by atoms with Crippen molar-refractivity contribution in [1.82, 2.24) is 10.6 Å². The van der Waals surface area contributed by atoms with Crippen molar-refractivity contribution in [2.75, 3.05) is 25.6 Å². The third kappa shape index (κ3) is 7.54. The van der Waals surface area contributed by atoms with Crippen LogP contribution >= 0.6 is 0 Å². The van der Waals surface area contributed by atoms with Gasteiger partial charge in [0.15, 0.2) is 5.96 Å². The van der Waals surface area contributed by atoms with Gasteiger partial charge < -0.3 is 15.1 Å². The lowest BCUT2D eigenvalue weighted by molar-refractivity contribution is 0.347. The first kappa shape index (κ1) is 19.5. The summed E-state index contributed by atoms with van der Waals surface area (Å²) in [7, 11) is -1.23. The summed E-state index contributed by atoms with van der Waals surface area (Å²) in [6, 6.07) is 3.86. The maximum Gasteiger partial charge on any atom is 0.191 e. The van der Waals surface area contributed by atoms with Gasteiger partial charge in [-0.2, -0.15) is 0 Å². The number of furan rings is 1. The summed E-state index contributed by atoms with van der Waals surface area (Å²) in [4.78, 5) is 4.21. The number of aliphatic imine (C=N–C) groups is 1. The Labute approximate surface area is 139 Å². The number of rotatable bonds is 7. The molecule has 1 unspecified atom stereocenters.